The van der Waals surface area contributed by atoms with Gasteiger partial charge in [0.2, 0.25) is 0 Å². The molecule has 1 aromatic carbocycles. The van der Waals surface area contributed by atoms with E-state index in [1.54, 1.807) is 18.6 Å². The number of rotatable bonds is 1. The summed E-state index contributed by atoms with van der Waals surface area (Å²) in [6.45, 7) is 5.50. The highest BCUT2D eigenvalue weighted by Gasteiger charge is 2.38. The molecule has 0 radical (unpaired) electrons. The molecule has 3 rings (SSSR count). The number of anilines is 1. The largest absolute Gasteiger partial charge is 0.458 e. The van der Waals surface area contributed by atoms with E-state index in [2.05, 4.69) is 4.99 Å². The number of hydrogen-bond acceptors (Lipinski definition) is 4. The highest BCUT2D eigenvalue weighted by Crippen LogP contribution is 2.37. The van der Waals surface area contributed by atoms with E-state index in [-0.39, 0.29) is 11.8 Å². The number of esters is 1. The van der Waals surface area contributed by atoms with Crippen molar-refractivity contribution >= 4 is 17.9 Å². The molecule has 0 aliphatic carbocycles. The van der Waals surface area contributed by atoms with Crippen LogP contribution in [0.3, 0.4) is 0 Å². The molecule has 0 aromatic heterocycles. The minimum Gasteiger partial charge on any atom is -0.458 e. The van der Waals surface area contributed by atoms with Gasteiger partial charge in [0.05, 0.1) is 5.69 Å². The molecule has 0 saturated carbocycles. The predicted octanol–water partition coefficient (Wildman–Crippen LogP) is 2.80. The average Bonchev–Trinajstić information content (AvgIpc) is 2.57. The monoisotopic (exact) mass is 288 g/mol. The SMILES string of the molecule is CC(C)(C)OC(=O)C1Cc2cc(F)cc3c2N1C=CN=C3. The molecule has 1 unspecified atom stereocenters. The van der Waals surface area contributed by atoms with Gasteiger partial charge in [-0.15, -0.1) is 0 Å². The van der Waals surface area contributed by atoms with Crippen molar-refractivity contribution in [2.24, 2.45) is 4.99 Å². The number of nitrogens with zero attached hydrogens (tertiary/aromatic N) is 2. The second-order valence-corrected chi connectivity index (χ2v) is 6.24. The molecular formula is C16H17FN2O2. The van der Waals surface area contributed by atoms with E-state index in [4.69, 9.17) is 4.74 Å². The number of aliphatic imine (C=N–C) groups is 1. The highest BCUT2D eigenvalue weighted by atomic mass is 19.1. The Labute approximate surface area is 122 Å². The van der Waals surface area contributed by atoms with Crippen LogP contribution in [0.1, 0.15) is 31.9 Å². The van der Waals surface area contributed by atoms with Gasteiger partial charge in [0.15, 0.2) is 0 Å². The van der Waals surface area contributed by atoms with E-state index < -0.39 is 11.6 Å². The lowest BCUT2D eigenvalue weighted by Crippen LogP contribution is -2.40. The summed E-state index contributed by atoms with van der Waals surface area (Å²) in [5.41, 5.74) is 1.77. The predicted molar refractivity (Wildman–Crippen MR) is 79.0 cm³/mol. The Morgan fingerprint density at radius 2 is 2.19 bits per heavy atom. The molecule has 0 spiro atoms. The molecule has 2 aliphatic heterocycles. The van der Waals surface area contributed by atoms with Gasteiger partial charge in [-0.2, -0.15) is 0 Å². The third-order valence-corrected chi connectivity index (χ3v) is 3.40. The van der Waals surface area contributed by atoms with Crippen LogP contribution in [0.4, 0.5) is 10.1 Å². The molecule has 2 aliphatic rings. The van der Waals surface area contributed by atoms with Gasteiger partial charge in [-0.3, -0.25) is 4.99 Å². The van der Waals surface area contributed by atoms with Crippen LogP contribution in [-0.2, 0) is 16.0 Å². The second kappa shape index (κ2) is 4.69. The summed E-state index contributed by atoms with van der Waals surface area (Å²) >= 11 is 0. The molecule has 0 N–H and O–H groups in total. The highest BCUT2D eigenvalue weighted by molar-refractivity contribution is 5.95. The minimum absolute atomic E-state index is 0.309. The molecule has 1 aromatic rings. The molecule has 5 heteroatoms. The van der Waals surface area contributed by atoms with E-state index in [0.29, 0.717) is 12.0 Å². The summed E-state index contributed by atoms with van der Waals surface area (Å²) in [7, 11) is 0. The fourth-order valence-corrected chi connectivity index (χ4v) is 2.69. The Hall–Kier alpha value is -2.17. The van der Waals surface area contributed by atoms with Gasteiger partial charge in [-0.25, -0.2) is 9.18 Å². The van der Waals surface area contributed by atoms with Crippen molar-refractivity contribution in [2.45, 2.75) is 38.8 Å². The zero-order valence-corrected chi connectivity index (χ0v) is 12.3. The van der Waals surface area contributed by atoms with Crippen molar-refractivity contribution in [2.75, 3.05) is 4.90 Å². The molecule has 0 amide bonds. The van der Waals surface area contributed by atoms with Gasteiger partial charge in [0, 0.05) is 30.6 Å². The topological polar surface area (TPSA) is 41.9 Å². The van der Waals surface area contributed by atoms with E-state index in [1.807, 2.05) is 25.7 Å². The molecule has 110 valence electrons. The summed E-state index contributed by atoms with van der Waals surface area (Å²) in [4.78, 5) is 18.3. The normalized spacial score (nSPS) is 19.4. The summed E-state index contributed by atoms with van der Waals surface area (Å²) < 4.78 is 19.1. The smallest absolute Gasteiger partial charge is 0.329 e. The number of carbonyl (C=O) groups is 1. The average molecular weight is 288 g/mol. The third-order valence-electron chi connectivity index (χ3n) is 3.40. The minimum atomic E-state index is -0.550. The van der Waals surface area contributed by atoms with Crippen molar-refractivity contribution in [3.8, 4) is 0 Å². The fourth-order valence-electron chi connectivity index (χ4n) is 2.69. The van der Waals surface area contributed by atoms with Crippen LogP contribution in [0, 0.1) is 5.82 Å². The van der Waals surface area contributed by atoms with Gasteiger partial charge < -0.3 is 9.64 Å². The van der Waals surface area contributed by atoms with E-state index in [9.17, 15) is 9.18 Å². The first-order valence-corrected chi connectivity index (χ1v) is 6.88. The Balaban J connectivity index is 1.99. The maximum Gasteiger partial charge on any atom is 0.329 e. The lowest BCUT2D eigenvalue weighted by molar-refractivity contribution is -0.156. The number of halogens is 1. The van der Waals surface area contributed by atoms with Crippen LogP contribution in [0.2, 0.25) is 0 Å². The lowest BCUT2D eigenvalue weighted by atomic mass is 10.1. The Kier molecular flexibility index (Phi) is 3.08. The van der Waals surface area contributed by atoms with E-state index in [0.717, 1.165) is 11.3 Å². The molecular weight excluding hydrogens is 271 g/mol. The first kappa shape index (κ1) is 13.8. The molecule has 1 atom stereocenters. The number of benzene rings is 1. The zero-order chi connectivity index (χ0) is 15.2. The van der Waals surface area contributed by atoms with Crippen molar-refractivity contribution in [1.82, 2.24) is 0 Å². The van der Waals surface area contributed by atoms with Crippen LogP contribution in [0.5, 0.6) is 0 Å². The molecule has 0 saturated heterocycles. The Morgan fingerprint density at radius 3 is 2.90 bits per heavy atom. The summed E-state index contributed by atoms with van der Waals surface area (Å²) in [6, 6.07) is 2.43. The van der Waals surface area contributed by atoms with Crippen LogP contribution >= 0.6 is 0 Å². The Morgan fingerprint density at radius 1 is 1.43 bits per heavy atom. The number of ether oxygens (including phenoxy) is 1. The summed E-state index contributed by atoms with van der Waals surface area (Å²) in [6.07, 6.45) is 5.39. The van der Waals surface area contributed by atoms with Crippen LogP contribution < -0.4 is 4.90 Å². The summed E-state index contributed by atoms with van der Waals surface area (Å²) in [5.74, 6) is -0.626. The number of hydrogen-bond donors (Lipinski definition) is 0. The first-order valence-electron chi connectivity index (χ1n) is 6.88. The first-order chi connectivity index (χ1) is 9.85. The van der Waals surface area contributed by atoms with Crippen molar-refractivity contribution in [1.29, 1.82) is 0 Å². The van der Waals surface area contributed by atoms with E-state index >= 15 is 0 Å². The molecule has 21 heavy (non-hydrogen) atoms. The third kappa shape index (κ3) is 2.55. The molecule has 0 bridgehead atoms. The van der Waals surface area contributed by atoms with Gasteiger partial charge in [-0.05, 0) is 38.5 Å². The van der Waals surface area contributed by atoms with E-state index in [1.165, 1.54) is 12.1 Å². The fraction of sp³-hybridized carbons (Fsp3) is 0.375. The zero-order valence-electron chi connectivity index (χ0n) is 12.3. The van der Waals surface area contributed by atoms with Crippen molar-refractivity contribution in [3.63, 3.8) is 0 Å². The maximum atomic E-state index is 13.7. The van der Waals surface area contributed by atoms with Crippen molar-refractivity contribution in [3.05, 3.63) is 41.5 Å². The van der Waals surface area contributed by atoms with Gasteiger partial charge >= 0.3 is 5.97 Å². The molecule has 4 nitrogen and oxygen atoms in total. The van der Waals surface area contributed by atoms with Gasteiger partial charge in [0.25, 0.3) is 0 Å². The molecule has 2 heterocycles. The van der Waals surface area contributed by atoms with Gasteiger partial charge in [-0.1, -0.05) is 0 Å². The van der Waals surface area contributed by atoms with Crippen LogP contribution in [-0.4, -0.2) is 23.8 Å². The van der Waals surface area contributed by atoms with Crippen molar-refractivity contribution < 1.29 is 13.9 Å². The Bertz CT molecular complexity index is 659. The summed E-state index contributed by atoms with van der Waals surface area (Å²) in [5, 5.41) is 0. The second-order valence-electron chi connectivity index (χ2n) is 6.24. The lowest BCUT2D eigenvalue weighted by Gasteiger charge is -2.26. The van der Waals surface area contributed by atoms with Crippen LogP contribution in [0.15, 0.2) is 29.5 Å². The maximum absolute atomic E-state index is 13.7. The molecule has 0 fully saturated rings. The number of carbonyl (C=O) groups excluding carboxylic acids is 1. The van der Waals surface area contributed by atoms with Crippen LogP contribution in [0.25, 0.3) is 0 Å². The standard InChI is InChI=1S/C16H17FN2O2/c1-16(2,3)21-15(20)13-8-10-6-12(17)7-11-9-18-4-5-19(13)14(10)11/h4-7,9,13H,8H2,1-3H3. The van der Waals surface area contributed by atoms with Gasteiger partial charge in [0.1, 0.15) is 17.5 Å². The quantitative estimate of drug-likeness (QED) is 0.746.